The minimum absolute atomic E-state index is 0.443. The van der Waals surface area contributed by atoms with Crippen molar-refractivity contribution < 1.29 is 14.6 Å². The van der Waals surface area contributed by atoms with Gasteiger partial charge in [0.05, 0.1) is 18.1 Å². The number of fused-ring (bicyclic) bond motifs is 1. The molecule has 0 spiro atoms. The number of carbonyl (C=O) groups excluding carboxylic acids is 1. The number of ether oxygens (including phenoxy) is 1. The fourth-order valence-corrected chi connectivity index (χ4v) is 1.71. The Bertz CT molecular complexity index is 620. The van der Waals surface area contributed by atoms with Gasteiger partial charge in [-0.05, 0) is 30.7 Å². The summed E-state index contributed by atoms with van der Waals surface area (Å²) in [6.45, 7) is 2.54. The Morgan fingerprint density at radius 2 is 2.21 bits per heavy atom. The van der Waals surface area contributed by atoms with Gasteiger partial charge in [0.25, 0.3) is 0 Å². The minimum Gasteiger partial charge on any atom is -0.545 e. The molecule has 2 aromatic rings. The van der Waals surface area contributed by atoms with Crippen LogP contribution >= 0.6 is 0 Å². The van der Waals surface area contributed by atoms with Gasteiger partial charge in [-0.15, -0.1) is 0 Å². The lowest BCUT2D eigenvalue weighted by Gasteiger charge is -2.09. The van der Waals surface area contributed by atoms with Gasteiger partial charge in [0.2, 0.25) is 5.88 Å². The van der Waals surface area contributed by atoms with Crippen LogP contribution in [0.1, 0.15) is 18.9 Å². The van der Waals surface area contributed by atoms with Crippen LogP contribution < -0.4 is 9.84 Å². The molecule has 4 nitrogen and oxygen atoms in total. The van der Waals surface area contributed by atoms with Crippen LogP contribution in [0.4, 0.5) is 0 Å². The summed E-state index contributed by atoms with van der Waals surface area (Å²) >= 11 is 0. The summed E-state index contributed by atoms with van der Waals surface area (Å²) in [7, 11) is 0. The molecule has 0 fully saturated rings. The van der Waals surface area contributed by atoms with Crippen molar-refractivity contribution in [1.29, 1.82) is 0 Å². The van der Waals surface area contributed by atoms with Gasteiger partial charge < -0.3 is 14.6 Å². The number of hydrogen-bond acceptors (Lipinski definition) is 4. The van der Waals surface area contributed by atoms with E-state index in [-0.39, 0.29) is 0 Å². The Morgan fingerprint density at radius 1 is 1.42 bits per heavy atom. The molecule has 2 rings (SSSR count). The zero-order chi connectivity index (χ0) is 13.7. The summed E-state index contributed by atoms with van der Waals surface area (Å²) < 4.78 is 5.55. The van der Waals surface area contributed by atoms with Crippen molar-refractivity contribution in [2.24, 2.45) is 0 Å². The molecule has 0 aliphatic heterocycles. The van der Waals surface area contributed by atoms with Crippen molar-refractivity contribution >= 4 is 22.9 Å². The Morgan fingerprint density at radius 3 is 2.95 bits per heavy atom. The third-order valence-corrected chi connectivity index (χ3v) is 2.56. The summed E-state index contributed by atoms with van der Waals surface area (Å²) in [5.41, 5.74) is 1.45. The van der Waals surface area contributed by atoms with Crippen molar-refractivity contribution in [2.75, 3.05) is 6.61 Å². The predicted molar refractivity (Wildman–Crippen MR) is 71.6 cm³/mol. The topological polar surface area (TPSA) is 62.2 Å². The van der Waals surface area contributed by atoms with Crippen LogP contribution in [0, 0.1) is 0 Å². The number of carboxylic acids is 1. The number of hydrogen-bond donors (Lipinski definition) is 0. The lowest BCUT2D eigenvalue weighted by Crippen LogP contribution is -2.18. The van der Waals surface area contributed by atoms with E-state index < -0.39 is 5.97 Å². The van der Waals surface area contributed by atoms with Gasteiger partial charge in [-0.3, -0.25) is 0 Å². The molecule has 0 unspecified atom stereocenters. The maximum Gasteiger partial charge on any atom is 0.221 e. The molecule has 1 heterocycles. The number of para-hydroxylation sites is 1. The van der Waals surface area contributed by atoms with Gasteiger partial charge in [0.1, 0.15) is 0 Å². The first-order chi connectivity index (χ1) is 9.20. The molecule has 19 heavy (non-hydrogen) atoms. The van der Waals surface area contributed by atoms with Crippen LogP contribution in [0.3, 0.4) is 0 Å². The van der Waals surface area contributed by atoms with Crippen molar-refractivity contribution in [3.8, 4) is 5.88 Å². The normalized spacial score (nSPS) is 11.0. The molecule has 0 aliphatic rings. The smallest absolute Gasteiger partial charge is 0.221 e. The van der Waals surface area contributed by atoms with E-state index in [0.717, 1.165) is 23.4 Å². The second-order valence-electron chi connectivity index (χ2n) is 4.08. The van der Waals surface area contributed by atoms with E-state index in [9.17, 15) is 9.90 Å². The molecule has 1 aromatic carbocycles. The lowest BCUT2D eigenvalue weighted by molar-refractivity contribution is -0.297. The summed E-state index contributed by atoms with van der Waals surface area (Å²) in [6, 6.07) is 9.47. The average molecular weight is 256 g/mol. The molecule has 0 saturated carbocycles. The zero-order valence-electron chi connectivity index (χ0n) is 10.6. The molecule has 0 N–H and O–H groups in total. The van der Waals surface area contributed by atoms with E-state index in [1.165, 1.54) is 6.08 Å². The maximum atomic E-state index is 10.5. The van der Waals surface area contributed by atoms with Crippen molar-refractivity contribution in [3.05, 3.63) is 42.0 Å². The highest BCUT2D eigenvalue weighted by Gasteiger charge is 2.05. The molecule has 0 radical (unpaired) electrons. The number of nitrogens with zero attached hydrogens (tertiary/aromatic N) is 1. The summed E-state index contributed by atoms with van der Waals surface area (Å²) in [6.07, 6.45) is 3.28. The Labute approximate surface area is 111 Å². The van der Waals surface area contributed by atoms with E-state index in [2.05, 4.69) is 4.98 Å². The highest BCUT2D eigenvalue weighted by Crippen LogP contribution is 2.23. The lowest BCUT2D eigenvalue weighted by atomic mass is 10.1. The van der Waals surface area contributed by atoms with Gasteiger partial charge in [0, 0.05) is 10.9 Å². The average Bonchev–Trinajstić information content (AvgIpc) is 2.42. The number of carbonyl (C=O) groups is 1. The van der Waals surface area contributed by atoms with Crippen molar-refractivity contribution in [3.63, 3.8) is 0 Å². The Kier molecular flexibility index (Phi) is 4.13. The summed E-state index contributed by atoms with van der Waals surface area (Å²) in [5, 5.41) is 11.4. The molecule has 0 aliphatic carbocycles. The van der Waals surface area contributed by atoms with Gasteiger partial charge in [-0.25, -0.2) is 4.98 Å². The monoisotopic (exact) mass is 256 g/mol. The highest BCUT2D eigenvalue weighted by molar-refractivity contribution is 5.87. The third kappa shape index (κ3) is 3.31. The largest absolute Gasteiger partial charge is 0.545 e. The number of aliphatic carboxylic acids is 1. The molecule has 0 saturated heterocycles. The zero-order valence-corrected chi connectivity index (χ0v) is 10.6. The summed E-state index contributed by atoms with van der Waals surface area (Å²) in [4.78, 5) is 14.9. The second kappa shape index (κ2) is 6.00. The molecular formula is C15H14NO3-. The van der Waals surface area contributed by atoms with Crippen LogP contribution in [0.25, 0.3) is 17.0 Å². The summed E-state index contributed by atoms with van der Waals surface area (Å²) in [5.74, 6) is -0.798. The molecule has 0 bridgehead atoms. The van der Waals surface area contributed by atoms with Crippen LogP contribution in [0.5, 0.6) is 5.88 Å². The van der Waals surface area contributed by atoms with Gasteiger partial charge in [-0.2, -0.15) is 0 Å². The Hall–Kier alpha value is -2.36. The first-order valence-corrected chi connectivity index (χ1v) is 6.12. The molecule has 98 valence electrons. The first-order valence-electron chi connectivity index (χ1n) is 6.12. The second-order valence-corrected chi connectivity index (χ2v) is 4.08. The van der Waals surface area contributed by atoms with Gasteiger partial charge in [-0.1, -0.05) is 25.1 Å². The van der Waals surface area contributed by atoms with Gasteiger partial charge >= 0.3 is 0 Å². The van der Waals surface area contributed by atoms with E-state index in [1.807, 2.05) is 37.3 Å². The molecule has 0 amide bonds. The predicted octanol–water partition coefficient (Wildman–Crippen LogP) is 1.79. The first kappa shape index (κ1) is 13.1. The SMILES string of the molecule is CCCOc1nc2ccccc2cc1/C=C/C(=O)[O-]. The molecule has 1 aromatic heterocycles. The number of rotatable bonds is 5. The standard InChI is InChI=1S/C15H15NO3/c1-2-9-19-15-12(7-8-14(17)18)10-11-5-3-4-6-13(11)16-15/h3-8,10H,2,9H2,1H3,(H,17,18)/p-1/b8-7+. The van der Waals surface area contributed by atoms with Crippen LogP contribution in [-0.4, -0.2) is 17.6 Å². The fraction of sp³-hybridized carbons (Fsp3) is 0.200. The highest BCUT2D eigenvalue weighted by atomic mass is 16.5. The third-order valence-electron chi connectivity index (χ3n) is 2.56. The minimum atomic E-state index is -1.24. The van der Waals surface area contributed by atoms with Gasteiger partial charge in [0.15, 0.2) is 0 Å². The van der Waals surface area contributed by atoms with E-state index in [4.69, 9.17) is 4.74 Å². The quantitative estimate of drug-likeness (QED) is 0.765. The molecule has 4 heteroatoms. The molecular weight excluding hydrogens is 242 g/mol. The number of aromatic nitrogens is 1. The number of benzene rings is 1. The van der Waals surface area contributed by atoms with E-state index in [0.29, 0.717) is 18.1 Å². The fourth-order valence-electron chi connectivity index (χ4n) is 1.71. The van der Waals surface area contributed by atoms with E-state index >= 15 is 0 Å². The van der Waals surface area contributed by atoms with Crippen LogP contribution in [-0.2, 0) is 4.79 Å². The van der Waals surface area contributed by atoms with Crippen molar-refractivity contribution in [1.82, 2.24) is 4.98 Å². The van der Waals surface area contributed by atoms with Crippen LogP contribution in [0.2, 0.25) is 0 Å². The van der Waals surface area contributed by atoms with Crippen LogP contribution in [0.15, 0.2) is 36.4 Å². The van der Waals surface area contributed by atoms with E-state index in [1.54, 1.807) is 0 Å². The number of pyridine rings is 1. The molecule has 0 atom stereocenters. The maximum absolute atomic E-state index is 10.5. The van der Waals surface area contributed by atoms with Crippen molar-refractivity contribution in [2.45, 2.75) is 13.3 Å². The Balaban J connectivity index is 2.47. The number of carboxylic acid groups (broad SMARTS) is 1.